The Morgan fingerprint density at radius 3 is 2.28 bits per heavy atom. The molecule has 0 radical (unpaired) electrons. The van der Waals surface area contributed by atoms with Gasteiger partial charge in [-0.15, -0.1) is 0 Å². The van der Waals surface area contributed by atoms with Gasteiger partial charge in [-0.2, -0.15) is 18.3 Å². The van der Waals surface area contributed by atoms with Gasteiger partial charge in [-0.3, -0.25) is 9.59 Å². The smallest absolute Gasteiger partial charge is 0.350 e. The van der Waals surface area contributed by atoms with Crippen LogP contribution >= 0.6 is 0 Å². The zero-order chi connectivity index (χ0) is 23.5. The molecular formula is C22H20F4N4O2. The Morgan fingerprint density at radius 1 is 1.00 bits per heavy atom. The van der Waals surface area contributed by atoms with Crippen LogP contribution in [0.25, 0.3) is 5.69 Å². The molecule has 0 saturated heterocycles. The van der Waals surface area contributed by atoms with Crippen molar-refractivity contribution in [1.82, 2.24) is 20.4 Å². The Hall–Kier alpha value is -3.69. The Labute approximate surface area is 181 Å². The number of carbonyl (C=O) groups is 2. The topological polar surface area (TPSA) is 76.0 Å². The first-order valence-electron chi connectivity index (χ1n) is 9.59. The van der Waals surface area contributed by atoms with Gasteiger partial charge in [-0.05, 0) is 61.9 Å². The lowest BCUT2D eigenvalue weighted by Gasteiger charge is -2.16. The van der Waals surface area contributed by atoms with E-state index in [0.29, 0.717) is 11.4 Å². The van der Waals surface area contributed by atoms with Crippen molar-refractivity contribution >= 4 is 11.8 Å². The molecule has 2 amide bonds. The third kappa shape index (κ3) is 5.51. The molecule has 0 aliphatic carbocycles. The van der Waals surface area contributed by atoms with Crippen LogP contribution in [0, 0.1) is 19.7 Å². The summed E-state index contributed by atoms with van der Waals surface area (Å²) in [6.07, 6.45) is -4.64. The van der Waals surface area contributed by atoms with Crippen molar-refractivity contribution in [2.45, 2.75) is 26.6 Å². The number of nitrogens with zero attached hydrogens (tertiary/aromatic N) is 2. The van der Waals surface area contributed by atoms with Gasteiger partial charge in [0.15, 0.2) is 0 Å². The van der Waals surface area contributed by atoms with Gasteiger partial charge in [0.05, 0.1) is 23.5 Å². The van der Waals surface area contributed by atoms with Gasteiger partial charge in [0.1, 0.15) is 5.82 Å². The first kappa shape index (κ1) is 23.0. The number of hydrogen-bond donors (Lipinski definition) is 2. The van der Waals surface area contributed by atoms with Crippen LogP contribution in [-0.2, 0) is 17.5 Å². The van der Waals surface area contributed by atoms with E-state index in [2.05, 4.69) is 15.7 Å². The fraction of sp³-hybridized carbons (Fsp3) is 0.227. The molecule has 1 aromatic heterocycles. The molecule has 3 rings (SSSR count). The number of aryl methyl sites for hydroxylation is 2. The number of alkyl halides is 3. The summed E-state index contributed by atoms with van der Waals surface area (Å²) < 4.78 is 55.2. The summed E-state index contributed by atoms with van der Waals surface area (Å²) in [7, 11) is 0. The Bertz CT molecular complexity index is 1140. The van der Waals surface area contributed by atoms with Gasteiger partial charge in [0, 0.05) is 17.8 Å². The largest absolute Gasteiger partial charge is 0.416 e. The summed E-state index contributed by atoms with van der Waals surface area (Å²) in [5, 5.41) is 8.89. The molecule has 2 N–H and O–H groups in total. The SMILES string of the molecule is Cc1cc(C)n(-c2ccc(CNC(=O)CNC(=O)c3ccc(F)cc3)c(C(F)(F)F)c2)n1. The van der Waals surface area contributed by atoms with Crippen LogP contribution in [0.5, 0.6) is 0 Å². The highest BCUT2D eigenvalue weighted by atomic mass is 19.4. The van der Waals surface area contributed by atoms with E-state index in [0.717, 1.165) is 18.2 Å². The Balaban J connectivity index is 1.67. The van der Waals surface area contributed by atoms with E-state index in [-0.39, 0.29) is 23.4 Å². The molecule has 2 aromatic carbocycles. The highest BCUT2D eigenvalue weighted by Gasteiger charge is 2.34. The monoisotopic (exact) mass is 448 g/mol. The van der Waals surface area contributed by atoms with Crippen molar-refractivity contribution in [3.8, 4) is 5.69 Å². The quantitative estimate of drug-likeness (QED) is 0.565. The van der Waals surface area contributed by atoms with E-state index >= 15 is 0 Å². The third-order valence-electron chi connectivity index (χ3n) is 4.64. The predicted octanol–water partition coefficient (Wildman–Crippen LogP) is 3.69. The van der Waals surface area contributed by atoms with E-state index in [9.17, 15) is 27.2 Å². The zero-order valence-corrected chi connectivity index (χ0v) is 17.3. The summed E-state index contributed by atoms with van der Waals surface area (Å²) in [5.41, 5.74) is 0.755. The zero-order valence-electron chi connectivity index (χ0n) is 17.3. The predicted molar refractivity (Wildman–Crippen MR) is 109 cm³/mol. The van der Waals surface area contributed by atoms with Crippen molar-refractivity contribution in [3.63, 3.8) is 0 Å². The van der Waals surface area contributed by atoms with Crippen molar-refractivity contribution in [2.75, 3.05) is 6.54 Å². The number of aromatic nitrogens is 2. The summed E-state index contributed by atoms with van der Waals surface area (Å²) in [6, 6.07) is 10.2. The first-order chi connectivity index (χ1) is 15.0. The van der Waals surface area contributed by atoms with Gasteiger partial charge in [-0.1, -0.05) is 6.07 Å². The van der Waals surface area contributed by atoms with Crippen LogP contribution in [0.4, 0.5) is 17.6 Å². The molecular weight excluding hydrogens is 428 g/mol. The van der Waals surface area contributed by atoms with Crippen LogP contribution in [0.15, 0.2) is 48.5 Å². The third-order valence-corrected chi connectivity index (χ3v) is 4.64. The molecule has 1 heterocycles. The molecule has 0 unspecified atom stereocenters. The Kier molecular flexibility index (Phi) is 6.61. The molecule has 0 bridgehead atoms. The minimum Gasteiger partial charge on any atom is -0.350 e. The van der Waals surface area contributed by atoms with Crippen LogP contribution in [0.2, 0.25) is 0 Å². The summed E-state index contributed by atoms with van der Waals surface area (Å²) in [6.45, 7) is 2.66. The molecule has 0 spiro atoms. The van der Waals surface area contributed by atoms with Crippen LogP contribution in [0.3, 0.4) is 0 Å². The molecule has 10 heteroatoms. The number of halogens is 4. The molecule has 0 atom stereocenters. The lowest BCUT2D eigenvalue weighted by molar-refractivity contribution is -0.138. The summed E-state index contributed by atoms with van der Waals surface area (Å²) in [4.78, 5) is 24.0. The average Bonchev–Trinajstić information content (AvgIpc) is 3.08. The van der Waals surface area contributed by atoms with Gasteiger partial charge in [-0.25, -0.2) is 9.07 Å². The van der Waals surface area contributed by atoms with E-state index in [1.165, 1.54) is 28.9 Å². The molecule has 0 aliphatic rings. The molecule has 168 valence electrons. The average molecular weight is 448 g/mol. The van der Waals surface area contributed by atoms with Crippen LogP contribution in [0.1, 0.15) is 32.9 Å². The fourth-order valence-corrected chi connectivity index (χ4v) is 3.12. The molecule has 3 aromatic rings. The maximum Gasteiger partial charge on any atom is 0.416 e. The standard InChI is InChI=1S/C22H20F4N4O2/c1-13-9-14(2)30(29-13)18-8-5-16(19(10-18)22(24,25)26)11-27-20(31)12-28-21(32)15-3-6-17(23)7-4-15/h3-10H,11-12H2,1-2H3,(H,27,31)(H,28,32). The fourth-order valence-electron chi connectivity index (χ4n) is 3.12. The van der Waals surface area contributed by atoms with Crippen LogP contribution < -0.4 is 10.6 Å². The number of nitrogens with one attached hydrogen (secondary N) is 2. The number of rotatable bonds is 6. The molecule has 0 fully saturated rings. The Morgan fingerprint density at radius 2 is 1.69 bits per heavy atom. The molecule has 0 aliphatic heterocycles. The highest BCUT2D eigenvalue weighted by Crippen LogP contribution is 2.33. The molecule has 6 nitrogen and oxygen atoms in total. The first-order valence-corrected chi connectivity index (χ1v) is 9.59. The van der Waals surface area contributed by atoms with E-state index in [1.54, 1.807) is 19.9 Å². The molecule has 0 saturated carbocycles. The summed E-state index contributed by atoms with van der Waals surface area (Å²) >= 11 is 0. The van der Waals surface area contributed by atoms with Gasteiger partial charge in [0.2, 0.25) is 5.91 Å². The van der Waals surface area contributed by atoms with Crippen molar-refractivity contribution in [1.29, 1.82) is 0 Å². The lowest BCUT2D eigenvalue weighted by Crippen LogP contribution is -2.36. The van der Waals surface area contributed by atoms with E-state index < -0.39 is 35.9 Å². The van der Waals surface area contributed by atoms with Crippen LogP contribution in [-0.4, -0.2) is 28.1 Å². The maximum atomic E-state index is 13.6. The lowest BCUT2D eigenvalue weighted by atomic mass is 10.1. The van der Waals surface area contributed by atoms with Gasteiger partial charge >= 0.3 is 6.18 Å². The number of hydrogen-bond acceptors (Lipinski definition) is 3. The van der Waals surface area contributed by atoms with Crippen molar-refractivity contribution in [3.05, 3.63) is 82.4 Å². The summed E-state index contributed by atoms with van der Waals surface area (Å²) in [5.74, 6) is -1.79. The molecule has 32 heavy (non-hydrogen) atoms. The number of carbonyl (C=O) groups excluding carboxylic acids is 2. The van der Waals surface area contributed by atoms with Crippen molar-refractivity contribution in [2.24, 2.45) is 0 Å². The van der Waals surface area contributed by atoms with E-state index in [1.807, 2.05) is 0 Å². The highest BCUT2D eigenvalue weighted by molar-refractivity contribution is 5.96. The number of benzene rings is 2. The minimum absolute atomic E-state index is 0.124. The van der Waals surface area contributed by atoms with Crippen molar-refractivity contribution < 1.29 is 27.2 Å². The van der Waals surface area contributed by atoms with Gasteiger partial charge in [0.25, 0.3) is 5.91 Å². The second-order valence-corrected chi connectivity index (χ2v) is 7.14. The second kappa shape index (κ2) is 9.21. The maximum absolute atomic E-state index is 13.6. The van der Waals surface area contributed by atoms with Gasteiger partial charge < -0.3 is 10.6 Å². The normalized spacial score (nSPS) is 11.3. The number of amides is 2. The van der Waals surface area contributed by atoms with E-state index in [4.69, 9.17) is 0 Å². The second-order valence-electron chi connectivity index (χ2n) is 7.14. The minimum atomic E-state index is -4.64.